The van der Waals surface area contributed by atoms with E-state index in [1.54, 1.807) is 22.6 Å². The number of thiophene rings is 1. The highest BCUT2D eigenvalue weighted by molar-refractivity contribution is 7.18. The lowest BCUT2D eigenvalue weighted by Gasteiger charge is -2.40. The molecule has 2 aromatic heterocycles. The predicted octanol–water partition coefficient (Wildman–Crippen LogP) is 3.70. The van der Waals surface area contributed by atoms with E-state index in [-0.39, 0.29) is 12.1 Å². The van der Waals surface area contributed by atoms with Gasteiger partial charge in [-0.3, -0.25) is 0 Å². The van der Waals surface area contributed by atoms with Crippen molar-refractivity contribution in [3.8, 4) is 0 Å². The molecule has 0 saturated carbocycles. The van der Waals surface area contributed by atoms with E-state index in [9.17, 15) is 4.79 Å². The number of carbonyl (C=O) groups is 1. The largest absolute Gasteiger partial charge is 0.444 e. The second-order valence-electron chi connectivity index (χ2n) is 7.45. The molecular formula is C18H26N4O2S. The zero-order chi connectivity index (χ0) is 18.2. The Hall–Kier alpha value is -1.89. The molecule has 6 nitrogen and oxygen atoms in total. The standard InChI is InChI=1S/C18H26N4O2S/c1-6-13-9-14-15(19-11-20-16(14)25-13)22-8-7-21(10-12(22)2)17(23)24-18(3,4)5/h9,11-12H,6-8,10H2,1-5H3/t12-/m1/s1. The number of hydrogen-bond donors (Lipinski definition) is 0. The van der Waals surface area contributed by atoms with Crippen molar-refractivity contribution in [1.82, 2.24) is 14.9 Å². The lowest BCUT2D eigenvalue weighted by atomic mass is 10.1. The molecule has 25 heavy (non-hydrogen) atoms. The topological polar surface area (TPSA) is 58.6 Å². The van der Waals surface area contributed by atoms with Crippen LogP contribution in [0.15, 0.2) is 12.4 Å². The molecule has 3 rings (SSSR count). The molecule has 1 atom stereocenters. The number of rotatable bonds is 2. The van der Waals surface area contributed by atoms with E-state index >= 15 is 0 Å². The van der Waals surface area contributed by atoms with Crippen LogP contribution in [0.1, 0.15) is 39.5 Å². The first-order chi connectivity index (χ1) is 11.8. The summed E-state index contributed by atoms with van der Waals surface area (Å²) >= 11 is 1.73. The van der Waals surface area contributed by atoms with Crippen molar-refractivity contribution in [1.29, 1.82) is 0 Å². The van der Waals surface area contributed by atoms with Crippen LogP contribution in [-0.2, 0) is 11.2 Å². The Morgan fingerprint density at radius 2 is 2.12 bits per heavy atom. The van der Waals surface area contributed by atoms with E-state index in [1.165, 1.54) is 4.88 Å². The summed E-state index contributed by atoms with van der Waals surface area (Å²) in [6.45, 7) is 12.0. The maximum Gasteiger partial charge on any atom is 0.410 e. The number of anilines is 1. The van der Waals surface area contributed by atoms with Gasteiger partial charge in [0.05, 0.1) is 5.39 Å². The van der Waals surface area contributed by atoms with Crippen molar-refractivity contribution in [3.05, 3.63) is 17.3 Å². The highest BCUT2D eigenvalue weighted by Crippen LogP contribution is 2.32. The Balaban J connectivity index is 1.78. The zero-order valence-corrected chi connectivity index (χ0v) is 16.4. The number of nitrogens with zero attached hydrogens (tertiary/aromatic N) is 4. The molecule has 0 aliphatic carbocycles. The Bertz CT molecular complexity index is 768. The molecule has 0 N–H and O–H groups in total. The highest BCUT2D eigenvalue weighted by atomic mass is 32.1. The first-order valence-electron chi connectivity index (χ1n) is 8.76. The molecule has 0 spiro atoms. The molecule has 136 valence electrons. The molecule has 0 radical (unpaired) electrons. The van der Waals surface area contributed by atoms with Crippen molar-refractivity contribution < 1.29 is 9.53 Å². The van der Waals surface area contributed by atoms with Gasteiger partial charge in [0, 0.05) is 30.6 Å². The van der Waals surface area contributed by atoms with Crippen molar-refractivity contribution in [2.45, 2.75) is 52.7 Å². The average molecular weight is 362 g/mol. The van der Waals surface area contributed by atoms with Crippen molar-refractivity contribution >= 4 is 33.5 Å². The van der Waals surface area contributed by atoms with Crippen molar-refractivity contribution in [2.24, 2.45) is 0 Å². The van der Waals surface area contributed by atoms with Gasteiger partial charge in [0.1, 0.15) is 22.6 Å². The number of piperazine rings is 1. The van der Waals surface area contributed by atoms with Crippen LogP contribution in [0.4, 0.5) is 10.6 Å². The first kappa shape index (κ1) is 17.9. The molecule has 2 aromatic rings. The second-order valence-corrected chi connectivity index (χ2v) is 8.57. The summed E-state index contributed by atoms with van der Waals surface area (Å²) in [5.74, 6) is 0.970. The maximum absolute atomic E-state index is 12.3. The van der Waals surface area contributed by atoms with Gasteiger partial charge in [-0.05, 0) is 40.2 Å². The van der Waals surface area contributed by atoms with Crippen LogP contribution in [0.5, 0.6) is 0 Å². The van der Waals surface area contributed by atoms with E-state index in [4.69, 9.17) is 4.74 Å². The summed E-state index contributed by atoms with van der Waals surface area (Å²) < 4.78 is 5.50. The fraction of sp³-hybridized carbons (Fsp3) is 0.611. The number of carbonyl (C=O) groups excluding carboxylic acids is 1. The average Bonchev–Trinajstić information content (AvgIpc) is 2.96. The van der Waals surface area contributed by atoms with Gasteiger partial charge in [-0.2, -0.15) is 0 Å². The van der Waals surface area contributed by atoms with Crippen molar-refractivity contribution in [2.75, 3.05) is 24.5 Å². The van der Waals surface area contributed by atoms with Crippen LogP contribution in [0.2, 0.25) is 0 Å². The van der Waals surface area contributed by atoms with E-state index in [0.29, 0.717) is 13.1 Å². The predicted molar refractivity (Wildman–Crippen MR) is 101 cm³/mol. The smallest absolute Gasteiger partial charge is 0.410 e. The quantitative estimate of drug-likeness (QED) is 0.815. The van der Waals surface area contributed by atoms with Crippen molar-refractivity contribution in [3.63, 3.8) is 0 Å². The van der Waals surface area contributed by atoms with Gasteiger partial charge in [0.15, 0.2) is 0 Å². The summed E-state index contributed by atoms with van der Waals surface area (Å²) in [4.78, 5) is 27.7. The molecule has 1 amide bonds. The van der Waals surface area contributed by atoms with Gasteiger partial charge in [0.2, 0.25) is 0 Å². The molecule has 1 aliphatic heterocycles. The van der Waals surface area contributed by atoms with E-state index in [1.807, 2.05) is 20.8 Å². The molecule has 7 heteroatoms. The van der Waals surface area contributed by atoms with Gasteiger partial charge in [0.25, 0.3) is 0 Å². The summed E-state index contributed by atoms with van der Waals surface area (Å²) in [7, 11) is 0. The number of hydrogen-bond acceptors (Lipinski definition) is 6. The van der Waals surface area contributed by atoms with E-state index in [2.05, 4.69) is 34.8 Å². The van der Waals surface area contributed by atoms with Gasteiger partial charge in [-0.15, -0.1) is 11.3 Å². The number of fused-ring (bicyclic) bond motifs is 1. The normalized spacial score (nSPS) is 18.7. The Morgan fingerprint density at radius 3 is 2.76 bits per heavy atom. The van der Waals surface area contributed by atoms with E-state index < -0.39 is 5.60 Å². The number of amides is 1. The van der Waals surface area contributed by atoms with Crippen LogP contribution >= 0.6 is 11.3 Å². The second kappa shape index (κ2) is 6.78. The number of aryl methyl sites for hydroxylation is 1. The summed E-state index contributed by atoms with van der Waals surface area (Å²) in [6, 6.07) is 2.37. The summed E-state index contributed by atoms with van der Waals surface area (Å²) in [6.07, 6.45) is 2.40. The molecular weight excluding hydrogens is 336 g/mol. The molecule has 3 heterocycles. The molecule has 1 aliphatic rings. The van der Waals surface area contributed by atoms with Gasteiger partial charge in [-0.1, -0.05) is 6.92 Å². The van der Waals surface area contributed by atoms with E-state index in [0.717, 1.165) is 29.0 Å². The van der Waals surface area contributed by atoms with Gasteiger partial charge >= 0.3 is 6.09 Å². The van der Waals surface area contributed by atoms with Crippen LogP contribution in [0.3, 0.4) is 0 Å². The number of ether oxygens (including phenoxy) is 1. The van der Waals surface area contributed by atoms with Gasteiger partial charge < -0.3 is 14.5 Å². The molecule has 1 fully saturated rings. The first-order valence-corrected chi connectivity index (χ1v) is 9.58. The van der Waals surface area contributed by atoms with Crippen LogP contribution in [0, 0.1) is 0 Å². The lowest BCUT2D eigenvalue weighted by molar-refractivity contribution is 0.0218. The lowest BCUT2D eigenvalue weighted by Crippen LogP contribution is -2.54. The van der Waals surface area contributed by atoms with Crippen LogP contribution in [-0.4, -0.2) is 52.2 Å². The molecule has 0 unspecified atom stereocenters. The Morgan fingerprint density at radius 1 is 1.36 bits per heavy atom. The SMILES string of the molecule is CCc1cc2c(N3CCN(C(=O)OC(C)(C)C)C[C@H]3C)ncnc2s1. The zero-order valence-electron chi connectivity index (χ0n) is 15.6. The minimum atomic E-state index is -0.469. The number of aromatic nitrogens is 2. The molecule has 1 saturated heterocycles. The highest BCUT2D eigenvalue weighted by Gasteiger charge is 2.31. The third-order valence-electron chi connectivity index (χ3n) is 4.26. The summed E-state index contributed by atoms with van der Waals surface area (Å²) in [5, 5.41) is 1.11. The van der Waals surface area contributed by atoms with Crippen LogP contribution < -0.4 is 4.90 Å². The minimum Gasteiger partial charge on any atom is -0.444 e. The fourth-order valence-corrected chi connectivity index (χ4v) is 3.99. The third kappa shape index (κ3) is 3.86. The molecule has 0 aromatic carbocycles. The minimum absolute atomic E-state index is 0.171. The Kier molecular flexibility index (Phi) is 4.86. The monoisotopic (exact) mass is 362 g/mol. The molecule has 0 bridgehead atoms. The fourth-order valence-electron chi connectivity index (χ4n) is 3.06. The Labute approximate surface area is 152 Å². The van der Waals surface area contributed by atoms with Gasteiger partial charge in [-0.25, -0.2) is 14.8 Å². The maximum atomic E-state index is 12.3. The summed E-state index contributed by atoms with van der Waals surface area (Å²) in [5.41, 5.74) is -0.469. The van der Waals surface area contributed by atoms with Crippen LogP contribution in [0.25, 0.3) is 10.2 Å². The third-order valence-corrected chi connectivity index (χ3v) is 5.45.